The summed E-state index contributed by atoms with van der Waals surface area (Å²) in [6.07, 6.45) is 0. The summed E-state index contributed by atoms with van der Waals surface area (Å²) >= 11 is 0. The van der Waals surface area contributed by atoms with Gasteiger partial charge in [0.25, 0.3) is 0 Å². The number of nitrogens with zero attached hydrogens (tertiary/aromatic N) is 2. The van der Waals surface area contributed by atoms with Gasteiger partial charge in [0.05, 0.1) is 27.9 Å². The normalized spacial score (nSPS) is 11.1. The van der Waals surface area contributed by atoms with E-state index < -0.39 is 0 Å². The number of rotatable bonds is 8. The van der Waals surface area contributed by atoms with Crippen LogP contribution in [0.5, 0.6) is 17.2 Å². The van der Waals surface area contributed by atoms with E-state index in [9.17, 15) is 0 Å². The quantitative estimate of drug-likeness (QED) is 0.435. The summed E-state index contributed by atoms with van der Waals surface area (Å²) in [7, 11) is 6.48. The molecule has 2 N–H and O–H groups in total. The zero-order valence-electron chi connectivity index (χ0n) is 17.6. The summed E-state index contributed by atoms with van der Waals surface area (Å²) < 4.78 is 21.6. The Balaban J connectivity index is 1.60. The zero-order chi connectivity index (χ0) is 21.3. The predicted octanol–water partition coefficient (Wildman–Crippen LogP) is 3.23. The van der Waals surface area contributed by atoms with Gasteiger partial charge in [0, 0.05) is 25.2 Å². The van der Waals surface area contributed by atoms with Crippen molar-refractivity contribution in [1.82, 2.24) is 15.8 Å². The molecule has 3 rings (SSSR count). The molecule has 0 radical (unpaired) electrons. The number of hydrogen-bond acceptors (Lipinski definition) is 6. The molecule has 0 unspecified atom stereocenters. The summed E-state index contributed by atoms with van der Waals surface area (Å²) in [4.78, 5) is 4.25. The van der Waals surface area contributed by atoms with Gasteiger partial charge in [-0.15, -0.1) is 0 Å². The van der Waals surface area contributed by atoms with Gasteiger partial charge < -0.3 is 29.4 Å². The van der Waals surface area contributed by atoms with E-state index in [1.807, 2.05) is 48.5 Å². The van der Waals surface area contributed by atoms with Crippen LogP contribution in [-0.2, 0) is 13.1 Å². The van der Waals surface area contributed by atoms with E-state index in [-0.39, 0.29) is 0 Å². The molecule has 0 saturated heterocycles. The molecule has 2 aromatic carbocycles. The first-order valence-corrected chi connectivity index (χ1v) is 9.43. The first kappa shape index (κ1) is 21.0. The molecule has 8 nitrogen and oxygen atoms in total. The number of hydrogen-bond donors (Lipinski definition) is 2. The average molecular weight is 410 g/mol. The molecule has 0 amide bonds. The summed E-state index contributed by atoms with van der Waals surface area (Å²) in [6, 6.07) is 15.6. The smallest absolute Gasteiger partial charge is 0.203 e. The van der Waals surface area contributed by atoms with E-state index in [1.54, 1.807) is 28.4 Å². The maximum atomic E-state index is 5.43. The van der Waals surface area contributed by atoms with Crippen LogP contribution < -0.4 is 24.8 Å². The molecule has 0 aliphatic carbocycles. The van der Waals surface area contributed by atoms with Gasteiger partial charge in [0.1, 0.15) is 5.69 Å². The fourth-order valence-electron chi connectivity index (χ4n) is 2.95. The molecule has 158 valence electrons. The molecule has 0 fully saturated rings. The van der Waals surface area contributed by atoms with Gasteiger partial charge in [0.2, 0.25) is 5.75 Å². The fourth-order valence-corrected chi connectivity index (χ4v) is 2.95. The molecule has 0 bridgehead atoms. The van der Waals surface area contributed by atoms with Crippen molar-refractivity contribution in [1.29, 1.82) is 0 Å². The molecular formula is C22H26N4O4. The molecule has 8 heteroatoms. The molecule has 3 aromatic rings. The summed E-state index contributed by atoms with van der Waals surface area (Å²) in [5.41, 5.74) is 2.73. The van der Waals surface area contributed by atoms with Gasteiger partial charge in [-0.25, -0.2) is 0 Å². The first-order chi connectivity index (χ1) is 14.7. The van der Waals surface area contributed by atoms with Gasteiger partial charge in [-0.2, -0.15) is 0 Å². The van der Waals surface area contributed by atoms with E-state index >= 15 is 0 Å². The van der Waals surface area contributed by atoms with Crippen molar-refractivity contribution in [2.75, 3.05) is 28.4 Å². The average Bonchev–Trinajstić information content (AvgIpc) is 3.28. The molecular weight excluding hydrogens is 384 g/mol. The van der Waals surface area contributed by atoms with Crippen molar-refractivity contribution in [2.24, 2.45) is 4.99 Å². The molecule has 1 aromatic heterocycles. The minimum Gasteiger partial charge on any atom is -0.493 e. The van der Waals surface area contributed by atoms with Crippen LogP contribution in [0.1, 0.15) is 11.3 Å². The lowest BCUT2D eigenvalue weighted by molar-refractivity contribution is 0.323. The van der Waals surface area contributed by atoms with E-state index in [1.165, 1.54) is 0 Å². The highest BCUT2D eigenvalue weighted by Crippen LogP contribution is 2.38. The van der Waals surface area contributed by atoms with Crippen LogP contribution in [0.4, 0.5) is 0 Å². The number of ether oxygens (including phenoxy) is 3. The van der Waals surface area contributed by atoms with Crippen LogP contribution in [0.2, 0.25) is 0 Å². The number of aliphatic imine (C=N–C) groups is 1. The number of methoxy groups -OCH3 is 3. The van der Waals surface area contributed by atoms with Crippen LogP contribution in [0.3, 0.4) is 0 Å². The summed E-state index contributed by atoms with van der Waals surface area (Å²) in [5, 5.41) is 10.6. The lowest BCUT2D eigenvalue weighted by Gasteiger charge is -2.15. The number of guanidine groups is 1. The largest absolute Gasteiger partial charge is 0.493 e. The van der Waals surface area contributed by atoms with E-state index in [2.05, 4.69) is 20.8 Å². The highest BCUT2D eigenvalue weighted by atomic mass is 16.5. The number of benzene rings is 2. The molecule has 0 saturated carbocycles. The van der Waals surface area contributed by atoms with Crippen molar-refractivity contribution >= 4 is 5.96 Å². The Morgan fingerprint density at radius 1 is 0.933 bits per heavy atom. The van der Waals surface area contributed by atoms with Crippen molar-refractivity contribution in [3.05, 3.63) is 59.8 Å². The minimum absolute atomic E-state index is 0.477. The third-order valence-electron chi connectivity index (χ3n) is 4.46. The standard InChI is InChI=1S/C22H26N4O4/c1-23-22(24-13-15-10-19(27-2)21(29-4)20(11-15)28-3)25-14-17-12-18(30-26-17)16-8-6-5-7-9-16/h5-12H,13-14H2,1-4H3,(H2,23,24,25). The summed E-state index contributed by atoms with van der Waals surface area (Å²) in [5.74, 6) is 3.13. The van der Waals surface area contributed by atoms with Crippen molar-refractivity contribution in [3.8, 4) is 28.6 Å². The molecule has 1 heterocycles. The van der Waals surface area contributed by atoms with Crippen LogP contribution in [0, 0.1) is 0 Å². The van der Waals surface area contributed by atoms with E-state index in [0.717, 1.165) is 22.6 Å². The third-order valence-corrected chi connectivity index (χ3v) is 4.46. The first-order valence-electron chi connectivity index (χ1n) is 9.43. The van der Waals surface area contributed by atoms with Crippen LogP contribution in [0.15, 0.2) is 58.0 Å². The molecule has 0 aliphatic heterocycles. The van der Waals surface area contributed by atoms with Crippen LogP contribution in [0.25, 0.3) is 11.3 Å². The highest BCUT2D eigenvalue weighted by molar-refractivity contribution is 5.79. The van der Waals surface area contributed by atoms with E-state index in [4.69, 9.17) is 18.7 Å². The SMILES string of the molecule is CN=C(NCc1cc(OC)c(OC)c(OC)c1)NCc1cc(-c2ccccc2)on1. The Bertz CT molecular complexity index is 961. The lowest BCUT2D eigenvalue weighted by atomic mass is 10.1. The summed E-state index contributed by atoms with van der Waals surface area (Å²) in [6.45, 7) is 0.996. The predicted molar refractivity (Wildman–Crippen MR) is 115 cm³/mol. The second-order valence-corrected chi connectivity index (χ2v) is 6.36. The Morgan fingerprint density at radius 2 is 1.60 bits per heavy atom. The Kier molecular flexibility index (Phi) is 7.15. The highest BCUT2D eigenvalue weighted by Gasteiger charge is 2.13. The van der Waals surface area contributed by atoms with Gasteiger partial charge >= 0.3 is 0 Å². The molecule has 0 atom stereocenters. The third kappa shape index (κ3) is 5.02. The number of nitrogens with one attached hydrogen (secondary N) is 2. The second kappa shape index (κ2) is 10.2. The molecule has 30 heavy (non-hydrogen) atoms. The minimum atomic E-state index is 0.477. The Hall–Kier alpha value is -3.68. The van der Waals surface area contributed by atoms with Gasteiger partial charge in [0.15, 0.2) is 23.2 Å². The fraction of sp³-hybridized carbons (Fsp3) is 0.273. The second-order valence-electron chi connectivity index (χ2n) is 6.36. The number of aromatic nitrogens is 1. The van der Waals surface area contributed by atoms with Gasteiger partial charge in [-0.1, -0.05) is 35.5 Å². The van der Waals surface area contributed by atoms with Crippen molar-refractivity contribution in [2.45, 2.75) is 13.1 Å². The lowest BCUT2D eigenvalue weighted by Crippen LogP contribution is -2.36. The van der Waals surface area contributed by atoms with E-state index in [0.29, 0.717) is 36.3 Å². The molecule has 0 spiro atoms. The Labute approximate surface area is 175 Å². The monoisotopic (exact) mass is 410 g/mol. The van der Waals surface area contributed by atoms with Crippen LogP contribution in [-0.4, -0.2) is 39.5 Å². The van der Waals surface area contributed by atoms with Crippen LogP contribution >= 0.6 is 0 Å². The zero-order valence-corrected chi connectivity index (χ0v) is 17.6. The Morgan fingerprint density at radius 3 is 2.20 bits per heavy atom. The topological polar surface area (TPSA) is 90.1 Å². The van der Waals surface area contributed by atoms with Gasteiger partial charge in [-0.05, 0) is 17.7 Å². The maximum absolute atomic E-state index is 5.43. The van der Waals surface area contributed by atoms with Gasteiger partial charge in [-0.3, -0.25) is 4.99 Å². The van der Waals surface area contributed by atoms with Crippen molar-refractivity contribution in [3.63, 3.8) is 0 Å². The van der Waals surface area contributed by atoms with Crippen molar-refractivity contribution < 1.29 is 18.7 Å². The maximum Gasteiger partial charge on any atom is 0.203 e. The molecule has 0 aliphatic rings.